The van der Waals surface area contributed by atoms with Gasteiger partial charge in [-0.25, -0.2) is 4.68 Å². The van der Waals surface area contributed by atoms with Crippen LogP contribution in [0.5, 0.6) is 0 Å². The molecule has 0 fully saturated rings. The van der Waals surface area contributed by atoms with E-state index in [2.05, 4.69) is 20.9 Å². The van der Waals surface area contributed by atoms with E-state index in [0.29, 0.717) is 11.7 Å². The summed E-state index contributed by atoms with van der Waals surface area (Å²) in [7, 11) is 0. The maximum Gasteiger partial charge on any atom is 0.236 e. The molecule has 1 aromatic heterocycles. The van der Waals surface area contributed by atoms with Crippen molar-refractivity contribution in [2.24, 2.45) is 0 Å². The van der Waals surface area contributed by atoms with Crippen LogP contribution in [0, 0.1) is 0 Å². The predicted molar refractivity (Wildman–Crippen MR) is 107 cm³/mol. The van der Waals surface area contributed by atoms with Gasteiger partial charge in [0.05, 0.1) is 6.04 Å². The van der Waals surface area contributed by atoms with E-state index >= 15 is 0 Å². The van der Waals surface area contributed by atoms with Crippen LogP contribution in [0.2, 0.25) is 0 Å². The van der Waals surface area contributed by atoms with Crippen LogP contribution >= 0.6 is 11.8 Å². The molecule has 2 heterocycles. The third kappa shape index (κ3) is 3.55. The number of fused-ring (bicyclic) bond motifs is 1. The van der Waals surface area contributed by atoms with Crippen molar-refractivity contribution in [3.63, 3.8) is 0 Å². The summed E-state index contributed by atoms with van der Waals surface area (Å²) in [5, 5.41) is 12.0. The summed E-state index contributed by atoms with van der Waals surface area (Å²) in [6.07, 6.45) is 0.904. The Morgan fingerprint density at radius 2 is 1.81 bits per heavy atom. The van der Waals surface area contributed by atoms with Crippen molar-refractivity contribution < 1.29 is 4.79 Å². The highest BCUT2D eigenvalue weighted by molar-refractivity contribution is 8.00. The predicted octanol–water partition coefficient (Wildman–Crippen LogP) is 3.23. The number of amides is 1. The van der Waals surface area contributed by atoms with Crippen LogP contribution in [-0.4, -0.2) is 32.6 Å². The monoisotopic (exact) mass is 379 g/mol. The van der Waals surface area contributed by atoms with E-state index in [9.17, 15) is 4.79 Å². The van der Waals surface area contributed by atoms with Crippen molar-refractivity contribution in [1.82, 2.24) is 20.2 Å². The quantitative estimate of drug-likeness (QED) is 0.712. The fourth-order valence-electron chi connectivity index (χ4n) is 3.09. The average Bonchev–Trinajstić information content (AvgIpc) is 3.15. The Hall–Kier alpha value is -2.80. The topological polar surface area (TPSA) is 71.8 Å². The zero-order valence-electron chi connectivity index (χ0n) is 15.0. The van der Waals surface area contributed by atoms with Gasteiger partial charge in [-0.15, -0.1) is 10.2 Å². The zero-order chi connectivity index (χ0) is 18.6. The lowest BCUT2D eigenvalue weighted by molar-refractivity contribution is -0.120. The molecule has 0 saturated heterocycles. The third-order valence-electron chi connectivity index (χ3n) is 4.43. The molecule has 0 saturated carbocycles. The highest BCUT2D eigenvalue weighted by atomic mass is 32.2. The Morgan fingerprint density at radius 1 is 1.11 bits per heavy atom. The third-order valence-corrected chi connectivity index (χ3v) is 5.65. The molecule has 1 aliphatic rings. The summed E-state index contributed by atoms with van der Waals surface area (Å²) in [5.41, 5.74) is 5.51. The Labute approximate surface area is 162 Å². The Balaban J connectivity index is 1.71. The van der Waals surface area contributed by atoms with Gasteiger partial charge in [0.1, 0.15) is 5.25 Å². The van der Waals surface area contributed by atoms with Crippen LogP contribution in [0.4, 0.5) is 0 Å². The number of carbonyl (C=O) groups excluding carboxylic acids is 1. The minimum atomic E-state index is -0.320. The molecule has 4 rings (SSSR count). The van der Waals surface area contributed by atoms with E-state index in [1.165, 1.54) is 11.8 Å². The van der Waals surface area contributed by atoms with E-state index in [1.54, 1.807) is 0 Å². The molecule has 7 heteroatoms. The molecule has 0 aliphatic carbocycles. The average molecular weight is 379 g/mol. The second-order valence-corrected chi connectivity index (χ2v) is 7.46. The van der Waals surface area contributed by atoms with E-state index in [1.807, 2.05) is 72.3 Å². The Bertz CT molecular complexity index is 913. The van der Waals surface area contributed by atoms with Crippen LogP contribution in [0.1, 0.15) is 24.9 Å². The number of rotatable bonds is 5. The summed E-state index contributed by atoms with van der Waals surface area (Å²) in [5.74, 6) is 0.755. The molecule has 6 nitrogen and oxygen atoms in total. The number of thioether (sulfide) groups is 1. The first kappa shape index (κ1) is 17.6. The fraction of sp³-hybridized carbons (Fsp3) is 0.250. The Kier molecular flexibility index (Phi) is 5.11. The normalized spacial score (nSPS) is 18.4. The summed E-state index contributed by atoms with van der Waals surface area (Å²) < 4.78 is 1.89. The van der Waals surface area contributed by atoms with Crippen molar-refractivity contribution >= 4 is 17.7 Å². The molecular formula is C20H21N5OS. The summed E-state index contributed by atoms with van der Waals surface area (Å²) in [6.45, 7) is 2.71. The van der Waals surface area contributed by atoms with E-state index in [0.717, 1.165) is 23.4 Å². The minimum absolute atomic E-state index is 0.0127. The van der Waals surface area contributed by atoms with Crippen molar-refractivity contribution in [3.8, 4) is 11.4 Å². The molecule has 0 bridgehead atoms. The summed E-state index contributed by atoms with van der Waals surface area (Å²) in [6, 6.07) is 19.8. The van der Waals surface area contributed by atoms with Crippen molar-refractivity contribution in [2.45, 2.75) is 29.8 Å². The number of hydrogen-bond donors (Lipinski definition) is 2. The van der Waals surface area contributed by atoms with E-state index in [-0.39, 0.29) is 17.2 Å². The smallest absolute Gasteiger partial charge is 0.236 e. The van der Waals surface area contributed by atoms with Crippen LogP contribution in [-0.2, 0) is 4.79 Å². The number of hydrogen-bond acceptors (Lipinski definition) is 5. The molecule has 0 spiro atoms. The van der Waals surface area contributed by atoms with Gasteiger partial charge in [0.15, 0.2) is 5.82 Å². The molecule has 2 aromatic carbocycles. The summed E-state index contributed by atoms with van der Waals surface area (Å²) >= 11 is 1.45. The molecular weight excluding hydrogens is 358 g/mol. The van der Waals surface area contributed by atoms with Crippen molar-refractivity contribution in [1.29, 1.82) is 0 Å². The van der Waals surface area contributed by atoms with Gasteiger partial charge in [-0.1, -0.05) is 79.3 Å². The first-order valence-electron chi connectivity index (χ1n) is 9.04. The largest absolute Gasteiger partial charge is 0.355 e. The molecule has 27 heavy (non-hydrogen) atoms. The van der Waals surface area contributed by atoms with E-state index in [4.69, 9.17) is 0 Å². The number of benzene rings is 2. The first-order valence-corrected chi connectivity index (χ1v) is 9.92. The molecule has 1 amide bonds. The minimum Gasteiger partial charge on any atom is -0.355 e. The first-order chi connectivity index (χ1) is 13.3. The highest BCUT2D eigenvalue weighted by Crippen LogP contribution is 2.38. The number of aromatic nitrogens is 3. The fourth-order valence-corrected chi connectivity index (χ4v) is 4.19. The van der Waals surface area contributed by atoms with Gasteiger partial charge in [0, 0.05) is 12.1 Å². The maximum atomic E-state index is 12.8. The maximum absolute atomic E-state index is 12.8. The number of nitrogens with zero attached hydrogens (tertiary/aromatic N) is 3. The molecule has 0 radical (unpaired) electrons. The lowest BCUT2D eigenvalue weighted by Gasteiger charge is -2.33. The van der Waals surface area contributed by atoms with Crippen LogP contribution < -0.4 is 10.7 Å². The van der Waals surface area contributed by atoms with Gasteiger partial charge in [-0.05, 0) is 12.0 Å². The lowest BCUT2D eigenvalue weighted by atomic mass is 10.0. The van der Waals surface area contributed by atoms with Crippen LogP contribution in [0.3, 0.4) is 0 Å². The van der Waals surface area contributed by atoms with Gasteiger partial charge >= 0.3 is 0 Å². The van der Waals surface area contributed by atoms with E-state index < -0.39 is 0 Å². The molecule has 2 N–H and O–H groups in total. The molecule has 1 aliphatic heterocycles. The second kappa shape index (κ2) is 7.84. The van der Waals surface area contributed by atoms with Crippen molar-refractivity contribution in [2.75, 3.05) is 12.0 Å². The summed E-state index contributed by atoms with van der Waals surface area (Å²) in [4.78, 5) is 12.8. The SMILES string of the molecule is CCCNC(=O)[C@@H]1Sc2nnc(-c3ccccc3)n2N[C@@H]1c1ccccc1. The van der Waals surface area contributed by atoms with Crippen molar-refractivity contribution in [3.05, 3.63) is 66.2 Å². The molecule has 0 unspecified atom stereocenters. The molecule has 3 aromatic rings. The van der Waals surface area contributed by atoms with Crippen LogP contribution in [0.15, 0.2) is 65.8 Å². The van der Waals surface area contributed by atoms with Crippen LogP contribution in [0.25, 0.3) is 11.4 Å². The Morgan fingerprint density at radius 3 is 2.52 bits per heavy atom. The standard InChI is InChI=1S/C20H21N5OS/c1-2-13-21-19(26)17-16(14-9-5-3-6-10-14)24-25-18(22-23-20(25)27-17)15-11-7-4-8-12-15/h3-12,16-17,24H,2,13H2,1H3,(H,21,26)/t16-,17-/m1/s1. The van der Waals surface area contributed by atoms with Gasteiger partial charge in [0.25, 0.3) is 0 Å². The number of nitrogens with one attached hydrogen (secondary N) is 2. The molecule has 2 atom stereocenters. The van der Waals surface area contributed by atoms with Gasteiger partial charge in [0.2, 0.25) is 11.1 Å². The number of carbonyl (C=O) groups is 1. The van der Waals surface area contributed by atoms with Gasteiger partial charge in [-0.3, -0.25) is 4.79 Å². The highest BCUT2D eigenvalue weighted by Gasteiger charge is 2.37. The lowest BCUT2D eigenvalue weighted by Crippen LogP contribution is -2.44. The van der Waals surface area contributed by atoms with Gasteiger partial charge in [-0.2, -0.15) is 0 Å². The molecule has 138 valence electrons. The van der Waals surface area contributed by atoms with Gasteiger partial charge < -0.3 is 10.7 Å². The second-order valence-electron chi connectivity index (χ2n) is 6.35. The zero-order valence-corrected chi connectivity index (χ0v) is 15.8.